The Morgan fingerprint density at radius 1 is 1.32 bits per heavy atom. The Hall–Kier alpha value is -2.69. The number of amides is 1. The fourth-order valence-corrected chi connectivity index (χ4v) is 4.32. The largest absolute Gasteiger partial charge is 0.369 e. The molecule has 7 heteroatoms. The molecule has 3 heterocycles. The number of benzene rings is 1. The summed E-state index contributed by atoms with van der Waals surface area (Å²) in [6.07, 6.45) is 2.69. The molecule has 3 atom stereocenters. The van der Waals surface area contributed by atoms with Crippen LogP contribution in [0.4, 0.5) is 5.69 Å². The van der Waals surface area contributed by atoms with Gasteiger partial charge in [0.05, 0.1) is 17.1 Å². The summed E-state index contributed by atoms with van der Waals surface area (Å²) in [7, 11) is 0. The number of anilines is 1. The van der Waals surface area contributed by atoms with Gasteiger partial charge in [-0.15, -0.1) is 0 Å². The van der Waals surface area contributed by atoms with Crippen LogP contribution < -0.4 is 20.9 Å². The first-order chi connectivity index (χ1) is 13.7. The Balaban J connectivity index is 1.55. The number of fused-ring (bicyclic) bond motifs is 1. The molecule has 0 aliphatic carbocycles. The fraction of sp³-hybridized carbons (Fsp3) is 0.476. The summed E-state index contributed by atoms with van der Waals surface area (Å²) in [5.74, 6) is 0.524. The van der Waals surface area contributed by atoms with Crippen molar-refractivity contribution in [1.29, 1.82) is 5.26 Å². The van der Waals surface area contributed by atoms with Crippen molar-refractivity contribution in [3.05, 3.63) is 36.0 Å². The number of nitriles is 1. The van der Waals surface area contributed by atoms with E-state index in [4.69, 9.17) is 0 Å². The van der Waals surface area contributed by atoms with Crippen molar-refractivity contribution in [3.8, 4) is 6.07 Å². The Morgan fingerprint density at radius 2 is 2.21 bits per heavy atom. The summed E-state index contributed by atoms with van der Waals surface area (Å²) in [4.78, 5) is 19.4. The van der Waals surface area contributed by atoms with Gasteiger partial charge in [0.1, 0.15) is 6.07 Å². The molecule has 2 saturated heterocycles. The molecule has 1 aromatic heterocycles. The van der Waals surface area contributed by atoms with Crippen molar-refractivity contribution >= 4 is 22.5 Å². The number of piperidine rings is 1. The van der Waals surface area contributed by atoms with Gasteiger partial charge in [-0.25, -0.2) is 0 Å². The second kappa shape index (κ2) is 8.13. The minimum absolute atomic E-state index is 0.0672. The van der Waals surface area contributed by atoms with Gasteiger partial charge in [-0.05, 0) is 36.6 Å². The molecule has 2 aromatic rings. The van der Waals surface area contributed by atoms with Crippen molar-refractivity contribution in [2.24, 2.45) is 5.92 Å². The molecule has 0 saturated carbocycles. The Morgan fingerprint density at radius 3 is 3.00 bits per heavy atom. The van der Waals surface area contributed by atoms with Gasteiger partial charge in [-0.3, -0.25) is 9.78 Å². The summed E-state index contributed by atoms with van der Waals surface area (Å²) in [5, 5.41) is 20.1. The zero-order chi connectivity index (χ0) is 19.5. The van der Waals surface area contributed by atoms with Gasteiger partial charge in [0.25, 0.3) is 0 Å². The molecule has 0 radical (unpaired) electrons. The van der Waals surface area contributed by atoms with Crippen molar-refractivity contribution in [1.82, 2.24) is 20.9 Å². The molecule has 1 aromatic carbocycles. The van der Waals surface area contributed by atoms with Crippen molar-refractivity contribution in [3.63, 3.8) is 0 Å². The lowest BCUT2D eigenvalue weighted by Crippen LogP contribution is -2.59. The first-order valence-corrected chi connectivity index (χ1v) is 9.93. The minimum Gasteiger partial charge on any atom is -0.369 e. The first-order valence-electron chi connectivity index (χ1n) is 9.93. The number of piperazine rings is 1. The molecule has 28 heavy (non-hydrogen) atoms. The van der Waals surface area contributed by atoms with Crippen LogP contribution in [0, 0.1) is 17.2 Å². The third kappa shape index (κ3) is 3.79. The van der Waals surface area contributed by atoms with E-state index in [1.165, 1.54) is 0 Å². The van der Waals surface area contributed by atoms with E-state index < -0.39 is 0 Å². The number of carbonyl (C=O) groups is 1. The summed E-state index contributed by atoms with van der Waals surface area (Å²) in [5.41, 5.74) is 2.40. The molecule has 2 aliphatic rings. The van der Waals surface area contributed by atoms with E-state index in [9.17, 15) is 10.1 Å². The smallest absolute Gasteiger partial charge is 0.238 e. The third-order valence-corrected chi connectivity index (χ3v) is 5.57. The summed E-state index contributed by atoms with van der Waals surface area (Å²) in [6.45, 7) is 6.28. The van der Waals surface area contributed by atoms with Crippen molar-refractivity contribution in [2.75, 3.05) is 37.6 Å². The van der Waals surface area contributed by atoms with Gasteiger partial charge in [0.2, 0.25) is 5.91 Å². The van der Waals surface area contributed by atoms with Gasteiger partial charge in [-0.2, -0.15) is 5.26 Å². The van der Waals surface area contributed by atoms with Crippen molar-refractivity contribution < 1.29 is 4.79 Å². The Kier molecular flexibility index (Phi) is 5.42. The van der Waals surface area contributed by atoms with Gasteiger partial charge in [0, 0.05) is 56.0 Å². The number of nitrogens with one attached hydrogen (secondary N) is 3. The molecule has 2 fully saturated rings. The second-order valence-electron chi connectivity index (χ2n) is 7.81. The topological polar surface area (TPSA) is 93.1 Å². The van der Waals surface area contributed by atoms with Crippen LogP contribution in [0.2, 0.25) is 0 Å². The Bertz CT molecular complexity index is 901. The van der Waals surface area contributed by atoms with Gasteiger partial charge in [0.15, 0.2) is 0 Å². The number of rotatable bonds is 3. The lowest BCUT2D eigenvalue weighted by molar-refractivity contribution is -0.124. The maximum absolute atomic E-state index is 12.6. The highest BCUT2D eigenvalue weighted by molar-refractivity contribution is 5.95. The number of carbonyl (C=O) groups excluding carboxylic acids is 1. The molecular formula is C21H26N6O. The highest BCUT2D eigenvalue weighted by atomic mass is 16.2. The number of aromatic nitrogens is 1. The number of hydrogen-bond acceptors (Lipinski definition) is 6. The van der Waals surface area contributed by atoms with Crippen LogP contribution in [-0.4, -0.2) is 55.7 Å². The third-order valence-electron chi connectivity index (χ3n) is 5.57. The van der Waals surface area contributed by atoms with E-state index in [1.54, 1.807) is 6.20 Å². The van der Waals surface area contributed by atoms with Crippen LogP contribution in [0.5, 0.6) is 0 Å². The van der Waals surface area contributed by atoms with E-state index in [-0.39, 0.29) is 18.0 Å². The predicted octanol–water partition coefficient (Wildman–Crippen LogP) is 0.999. The maximum atomic E-state index is 12.6. The number of hydrogen-bond donors (Lipinski definition) is 3. The van der Waals surface area contributed by atoms with E-state index in [0.29, 0.717) is 18.0 Å². The maximum Gasteiger partial charge on any atom is 0.238 e. The summed E-state index contributed by atoms with van der Waals surface area (Å²) >= 11 is 0. The zero-order valence-electron chi connectivity index (χ0n) is 16.1. The fourth-order valence-electron chi connectivity index (χ4n) is 4.32. The quantitative estimate of drug-likeness (QED) is 0.738. The molecule has 0 spiro atoms. The molecule has 146 valence electrons. The van der Waals surface area contributed by atoms with Crippen LogP contribution in [0.15, 0.2) is 30.5 Å². The minimum atomic E-state index is -0.167. The molecule has 1 unspecified atom stereocenters. The van der Waals surface area contributed by atoms with E-state index in [0.717, 1.165) is 49.2 Å². The van der Waals surface area contributed by atoms with Gasteiger partial charge >= 0.3 is 0 Å². The van der Waals surface area contributed by atoms with Crippen LogP contribution in [0.25, 0.3) is 10.9 Å². The van der Waals surface area contributed by atoms with E-state index >= 15 is 0 Å². The monoisotopic (exact) mass is 378 g/mol. The first kappa shape index (κ1) is 18.7. The van der Waals surface area contributed by atoms with E-state index in [1.807, 2.05) is 24.3 Å². The predicted molar refractivity (Wildman–Crippen MR) is 109 cm³/mol. The lowest BCUT2D eigenvalue weighted by atomic mass is 9.94. The molecule has 2 aliphatic heterocycles. The van der Waals surface area contributed by atoms with Crippen molar-refractivity contribution in [2.45, 2.75) is 25.4 Å². The molecule has 0 bridgehead atoms. The van der Waals surface area contributed by atoms with Crippen LogP contribution >= 0.6 is 0 Å². The van der Waals surface area contributed by atoms with Crippen LogP contribution in [0.3, 0.4) is 0 Å². The molecule has 7 nitrogen and oxygen atoms in total. The number of nitrogens with zero attached hydrogens (tertiary/aromatic N) is 3. The molecular weight excluding hydrogens is 352 g/mol. The number of pyridine rings is 1. The normalized spacial score (nSPS) is 25.3. The van der Waals surface area contributed by atoms with Gasteiger partial charge in [-0.1, -0.05) is 6.92 Å². The molecule has 3 N–H and O–H groups in total. The summed E-state index contributed by atoms with van der Waals surface area (Å²) in [6, 6.07) is 9.93. The average molecular weight is 378 g/mol. The zero-order valence-corrected chi connectivity index (χ0v) is 16.1. The highest BCUT2D eigenvalue weighted by Gasteiger charge is 2.29. The van der Waals surface area contributed by atoms with Crippen LogP contribution in [0.1, 0.15) is 18.9 Å². The van der Waals surface area contributed by atoms with E-state index in [2.05, 4.69) is 38.8 Å². The second-order valence-corrected chi connectivity index (χ2v) is 7.81. The standard InChI is InChI=1S/C21H26N6O/c1-14-9-16(26-21(28)18-11-23-7-8-24-18)13-27(12-14)19-5-4-15(10-22)20-17(19)3-2-6-25-20/h2-6,14,16,18,23-24H,7-9,11-13H2,1H3,(H,26,28)/t14-,16+,18?/m0/s1. The lowest BCUT2D eigenvalue weighted by Gasteiger charge is -2.39. The SMILES string of the molecule is C[C@H]1C[C@@H](NC(=O)C2CNCCN2)CN(c2ccc(C#N)c3ncccc23)C1. The molecule has 1 amide bonds. The molecule has 4 rings (SSSR count). The summed E-state index contributed by atoms with van der Waals surface area (Å²) < 4.78 is 0. The van der Waals surface area contributed by atoms with Gasteiger partial charge < -0.3 is 20.9 Å². The highest BCUT2D eigenvalue weighted by Crippen LogP contribution is 2.31. The van der Waals surface area contributed by atoms with Crippen LogP contribution in [-0.2, 0) is 4.79 Å². The Labute approximate surface area is 165 Å². The average Bonchev–Trinajstić information content (AvgIpc) is 2.73.